The molecule has 4 rings (SSSR count). The van der Waals surface area contributed by atoms with Crippen molar-refractivity contribution in [3.63, 3.8) is 0 Å². The molecule has 0 spiro atoms. The van der Waals surface area contributed by atoms with Crippen molar-refractivity contribution in [1.82, 2.24) is 0 Å². The Labute approximate surface area is 275 Å². The Kier molecular flexibility index (Phi) is 14.8. The van der Waals surface area contributed by atoms with E-state index in [-0.39, 0.29) is 24.8 Å². The summed E-state index contributed by atoms with van der Waals surface area (Å²) in [5, 5.41) is 0. The Morgan fingerprint density at radius 3 is 1.37 bits per heavy atom. The molecule has 218 valence electrons. The van der Waals surface area contributed by atoms with Crippen LogP contribution in [-0.2, 0) is 17.4 Å². The van der Waals surface area contributed by atoms with Crippen molar-refractivity contribution in [2.24, 2.45) is 0 Å². The van der Waals surface area contributed by atoms with Crippen molar-refractivity contribution in [2.75, 3.05) is 0 Å². The summed E-state index contributed by atoms with van der Waals surface area (Å²) in [4.78, 5) is 0. The summed E-state index contributed by atoms with van der Waals surface area (Å²) < 4.78 is 4.08. The number of hydrogen-bond acceptors (Lipinski definition) is 0. The summed E-state index contributed by atoms with van der Waals surface area (Å²) in [6.07, 6.45) is 25.3. The normalized spacial score (nSPS) is 23.8. The molecule has 2 unspecified atom stereocenters. The van der Waals surface area contributed by atoms with E-state index >= 15 is 0 Å². The standard InChI is InChI=1S/2C9H11.2C4H8Cl3Si.2ClH.H2Si.Zr/c2*1-2-5-9-7-3-6-8(9)4-1;2*1-2-3-4-8(5,6)7;;;;/h2*3,6-7H,1-2,4-5H2;2*1-4H2;2*1H;1H2;. The predicted octanol–water partition coefficient (Wildman–Crippen LogP) is 12.2. The second-order valence-electron chi connectivity index (χ2n) is 12.0. The number of rotatable bonds is 12. The first kappa shape index (κ1) is 37.0. The average Bonchev–Trinajstić information content (AvgIpc) is 3.44. The molecule has 4 aliphatic rings. The van der Waals surface area contributed by atoms with Crippen molar-refractivity contribution in [1.29, 1.82) is 0 Å². The predicted molar refractivity (Wildman–Crippen MR) is 184 cm³/mol. The van der Waals surface area contributed by atoms with Gasteiger partial charge in [-0.3, -0.25) is 0 Å². The molecule has 0 radical (unpaired) electrons. The third-order valence-corrected chi connectivity index (χ3v) is 43.2. The van der Waals surface area contributed by atoms with Crippen LogP contribution in [0.15, 0.2) is 46.6 Å². The molecule has 0 heterocycles. The molecule has 38 heavy (non-hydrogen) atoms. The van der Waals surface area contributed by atoms with Crippen LogP contribution < -0.4 is 0 Å². The van der Waals surface area contributed by atoms with Crippen LogP contribution >= 0.6 is 91.3 Å². The van der Waals surface area contributed by atoms with Gasteiger partial charge in [0.2, 0.25) is 0 Å². The van der Waals surface area contributed by atoms with Crippen LogP contribution in [0, 0.1) is 0 Å². The molecule has 0 saturated heterocycles. The van der Waals surface area contributed by atoms with Crippen molar-refractivity contribution in [3.05, 3.63) is 46.6 Å². The zero-order valence-electron chi connectivity index (χ0n) is 22.1. The van der Waals surface area contributed by atoms with Crippen molar-refractivity contribution in [3.8, 4) is 0 Å². The van der Waals surface area contributed by atoms with Gasteiger partial charge in [-0.05, 0) is 0 Å². The first-order valence-electron chi connectivity index (χ1n) is 13.9. The number of hydrogen-bond donors (Lipinski definition) is 0. The number of halogens is 8. The van der Waals surface area contributed by atoms with Gasteiger partial charge in [-0.25, -0.2) is 0 Å². The fraction of sp³-hybridized carbons (Fsp3) is 0.692. The number of unbranched alkanes of at least 4 members (excludes halogenated alkanes) is 2. The Balaban J connectivity index is 0.00000253. The Bertz CT molecular complexity index is 942. The summed E-state index contributed by atoms with van der Waals surface area (Å²) in [5.41, 5.74) is 6.96. The van der Waals surface area contributed by atoms with Crippen LogP contribution in [-0.4, -0.2) is 18.9 Å². The van der Waals surface area contributed by atoms with Gasteiger partial charge in [-0.2, -0.15) is 0 Å². The maximum atomic E-state index is 6.32. The van der Waals surface area contributed by atoms with E-state index in [4.69, 9.17) is 66.5 Å². The van der Waals surface area contributed by atoms with E-state index in [0.29, 0.717) is 7.25 Å². The van der Waals surface area contributed by atoms with E-state index in [0.717, 1.165) is 24.9 Å². The molecule has 0 aromatic rings. The van der Waals surface area contributed by atoms with Gasteiger partial charge in [0.15, 0.2) is 0 Å². The molecule has 0 amide bonds. The van der Waals surface area contributed by atoms with Gasteiger partial charge >= 0.3 is 254 Å². The van der Waals surface area contributed by atoms with Gasteiger partial charge in [0, 0.05) is 0 Å². The van der Waals surface area contributed by atoms with E-state index in [2.05, 4.69) is 31.2 Å². The second-order valence-corrected chi connectivity index (χ2v) is 57.3. The maximum absolute atomic E-state index is 6.32. The second kappa shape index (κ2) is 15.2. The molecule has 2 atom stereocenters. The molecule has 0 N–H and O–H groups in total. The van der Waals surface area contributed by atoms with Crippen LogP contribution in [0.5, 0.6) is 0 Å². The zero-order valence-corrected chi connectivity index (χ0v) is 34.1. The first-order valence-corrected chi connectivity index (χ1v) is 36.6. The first-order chi connectivity index (χ1) is 16.9. The van der Waals surface area contributed by atoms with Gasteiger partial charge in [-0.15, -0.1) is 24.8 Å². The van der Waals surface area contributed by atoms with E-state index in [1.165, 1.54) is 72.5 Å². The minimum absolute atomic E-state index is 0. The molecule has 0 nitrogen and oxygen atoms in total. The Morgan fingerprint density at radius 1 is 0.632 bits per heavy atom. The fourth-order valence-electron chi connectivity index (χ4n) is 7.86. The topological polar surface area (TPSA) is 0 Å². The summed E-state index contributed by atoms with van der Waals surface area (Å²) in [6, 6.07) is -3.64. The summed E-state index contributed by atoms with van der Waals surface area (Å²) in [6.45, 7) is 2.54. The van der Waals surface area contributed by atoms with Gasteiger partial charge in [-0.1, -0.05) is 0 Å². The zero-order chi connectivity index (χ0) is 26.1. The van der Waals surface area contributed by atoms with Crippen molar-refractivity contribution >= 4 is 110 Å². The molecular formula is C26H42Cl8Si3Zr. The van der Waals surface area contributed by atoms with Gasteiger partial charge in [0.1, 0.15) is 0 Å². The van der Waals surface area contributed by atoms with Gasteiger partial charge < -0.3 is 0 Å². The molecule has 12 heteroatoms. The molecule has 0 aliphatic heterocycles. The third kappa shape index (κ3) is 8.93. The van der Waals surface area contributed by atoms with Crippen LogP contribution in [0.3, 0.4) is 0 Å². The number of allylic oxidation sites excluding steroid dienone is 8. The SMILES string of the molecule is Cl.Cl.[SiH2]=[Zr]([CH2]CCC[Si](Cl)(Cl)Cl)([CH2]CCC[Si](Cl)(Cl)Cl)([CH]1C=CC2=C1CCCC2)[CH]1C=CC2=C1CCCC2. The van der Waals surface area contributed by atoms with Gasteiger partial charge in [0.05, 0.1) is 0 Å². The van der Waals surface area contributed by atoms with E-state index in [1.54, 1.807) is 11.1 Å². The van der Waals surface area contributed by atoms with E-state index < -0.39 is 29.4 Å². The van der Waals surface area contributed by atoms with E-state index in [1.807, 2.05) is 11.1 Å². The summed E-state index contributed by atoms with van der Waals surface area (Å²) in [5.74, 6) is 0. The molecular weight excluding hydrogens is 771 g/mol. The third-order valence-electron chi connectivity index (χ3n) is 9.58. The monoisotopic (exact) mass is 808 g/mol. The molecule has 0 saturated carbocycles. The summed E-state index contributed by atoms with van der Waals surface area (Å²) in [7, 11) is 0. The minimum atomic E-state index is -3.58. The molecule has 0 bridgehead atoms. The summed E-state index contributed by atoms with van der Waals surface area (Å²) >= 11 is 34.3. The average molecular weight is 814 g/mol. The van der Waals surface area contributed by atoms with Gasteiger partial charge in [0.25, 0.3) is 0 Å². The fourth-order valence-corrected chi connectivity index (χ4v) is 38.6. The van der Waals surface area contributed by atoms with Crippen molar-refractivity contribution in [2.45, 2.75) is 105 Å². The van der Waals surface area contributed by atoms with Crippen molar-refractivity contribution < 1.29 is 17.4 Å². The quantitative estimate of drug-likeness (QED) is 0.105. The van der Waals surface area contributed by atoms with Crippen LogP contribution in [0.25, 0.3) is 0 Å². The van der Waals surface area contributed by atoms with E-state index in [9.17, 15) is 0 Å². The van der Waals surface area contributed by atoms with Crippen LogP contribution in [0.1, 0.15) is 77.0 Å². The van der Waals surface area contributed by atoms with Crippen LogP contribution in [0.2, 0.25) is 27.6 Å². The molecule has 0 aromatic carbocycles. The van der Waals surface area contributed by atoms with Crippen LogP contribution in [0.4, 0.5) is 0 Å². The molecule has 0 fully saturated rings. The molecule has 4 aliphatic carbocycles. The Hall–Kier alpha value is 2.81. The molecule has 0 aromatic heterocycles. The Morgan fingerprint density at radius 2 is 1.00 bits per heavy atom.